The van der Waals surface area contributed by atoms with Crippen molar-refractivity contribution in [3.63, 3.8) is 0 Å². The van der Waals surface area contributed by atoms with Crippen molar-refractivity contribution >= 4 is 11.9 Å². The molecule has 0 radical (unpaired) electrons. The minimum atomic E-state index is 0.0947. The molecule has 0 fully saturated rings. The van der Waals surface area contributed by atoms with Crippen molar-refractivity contribution in [2.24, 2.45) is 27.2 Å². The summed E-state index contributed by atoms with van der Waals surface area (Å²) in [4.78, 5) is 7.75. The predicted octanol–water partition coefficient (Wildman–Crippen LogP) is -2.45. The molecule has 62 valence electrons. The summed E-state index contributed by atoms with van der Waals surface area (Å²) in [5, 5.41) is 2.92. The molecular formula is C5H12N6. The highest BCUT2D eigenvalue weighted by atomic mass is 15.2. The van der Waals surface area contributed by atoms with Crippen molar-refractivity contribution < 1.29 is 0 Å². The number of guanidine groups is 2. The Morgan fingerprint density at radius 2 is 2.45 bits per heavy atom. The van der Waals surface area contributed by atoms with Gasteiger partial charge in [0.1, 0.15) is 0 Å². The molecular weight excluding hydrogens is 144 g/mol. The van der Waals surface area contributed by atoms with E-state index in [9.17, 15) is 0 Å². The van der Waals surface area contributed by atoms with Crippen LogP contribution in [0.2, 0.25) is 0 Å². The van der Waals surface area contributed by atoms with Crippen molar-refractivity contribution in [1.29, 1.82) is 0 Å². The monoisotopic (exact) mass is 156 g/mol. The molecule has 7 N–H and O–H groups in total. The average Bonchev–Trinajstić information content (AvgIpc) is 2.31. The molecule has 1 rings (SSSR count). The second-order valence-corrected chi connectivity index (χ2v) is 2.33. The van der Waals surface area contributed by atoms with Gasteiger partial charge in [-0.2, -0.15) is 0 Å². The van der Waals surface area contributed by atoms with Crippen molar-refractivity contribution in [2.45, 2.75) is 6.04 Å². The lowest BCUT2D eigenvalue weighted by atomic mass is 10.3. The van der Waals surface area contributed by atoms with E-state index >= 15 is 0 Å². The van der Waals surface area contributed by atoms with Crippen LogP contribution >= 0.6 is 0 Å². The summed E-state index contributed by atoms with van der Waals surface area (Å²) in [5.41, 5.74) is 15.6. The van der Waals surface area contributed by atoms with Gasteiger partial charge in [-0.05, 0) is 0 Å². The Labute approximate surface area is 64.6 Å². The lowest BCUT2D eigenvalue weighted by Gasteiger charge is -2.05. The van der Waals surface area contributed by atoms with E-state index in [0.29, 0.717) is 19.0 Å². The highest BCUT2D eigenvalue weighted by Crippen LogP contribution is 1.92. The van der Waals surface area contributed by atoms with Gasteiger partial charge in [-0.25, -0.2) is 0 Å². The maximum absolute atomic E-state index is 5.36. The first-order valence-corrected chi connectivity index (χ1v) is 3.30. The van der Waals surface area contributed by atoms with Crippen LogP contribution in [-0.4, -0.2) is 31.1 Å². The van der Waals surface area contributed by atoms with Gasteiger partial charge in [0.15, 0.2) is 11.9 Å². The van der Waals surface area contributed by atoms with Crippen LogP contribution in [0.25, 0.3) is 0 Å². The van der Waals surface area contributed by atoms with E-state index in [1.54, 1.807) is 0 Å². The molecule has 0 aromatic heterocycles. The molecule has 0 amide bonds. The van der Waals surface area contributed by atoms with Crippen LogP contribution in [0, 0.1) is 0 Å². The Balaban J connectivity index is 2.27. The lowest BCUT2D eigenvalue weighted by molar-refractivity contribution is 0.667. The third kappa shape index (κ3) is 2.32. The molecule has 0 bridgehead atoms. The summed E-state index contributed by atoms with van der Waals surface area (Å²) >= 11 is 0. The maximum atomic E-state index is 5.36. The van der Waals surface area contributed by atoms with Crippen LogP contribution in [0.15, 0.2) is 9.98 Å². The maximum Gasteiger partial charge on any atom is 0.189 e. The molecule has 0 saturated carbocycles. The third-order valence-corrected chi connectivity index (χ3v) is 1.33. The van der Waals surface area contributed by atoms with Crippen molar-refractivity contribution in [3.8, 4) is 0 Å². The highest BCUT2D eigenvalue weighted by molar-refractivity contribution is 5.80. The number of hydrogen-bond acceptors (Lipinski definition) is 4. The van der Waals surface area contributed by atoms with Gasteiger partial charge < -0.3 is 22.5 Å². The number of nitrogens with zero attached hydrogens (tertiary/aromatic N) is 2. The molecule has 0 saturated heterocycles. The molecule has 1 atom stereocenters. The molecule has 0 spiro atoms. The fraction of sp³-hybridized carbons (Fsp3) is 0.600. The largest absolute Gasteiger partial charge is 0.370 e. The molecule has 1 aliphatic rings. The van der Waals surface area contributed by atoms with Gasteiger partial charge in [0, 0.05) is 0 Å². The van der Waals surface area contributed by atoms with Crippen molar-refractivity contribution in [1.82, 2.24) is 5.32 Å². The Morgan fingerprint density at radius 1 is 1.73 bits per heavy atom. The molecule has 6 heteroatoms. The molecule has 1 heterocycles. The summed E-state index contributed by atoms with van der Waals surface area (Å²) < 4.78 is 0. The van der Waals surface area contributed by atoms with Crippen LogP contribution in [0.5, 0.6) is 0 Å². The fourth-order valence-electron chi connectivity index (χ4n) is 0.828. The molecule has 6 nitrogen and oxygen atoms in total. The second kappa shape index (κ2) is 3.09. The van der Waals surface area contributed by atoms with Gasteiger partial charge >= 0.3 is 0 Å². The van der Waals surface area contributed by atoms with Gasteiger partial charge in [0.25, 0.3) is 0 Å². The summed E-state index contributed by atoms with van der Waals surface area (Å²) in [6.45, 7) is 1.16. The average molecular weight is 156 g/mol. The van der Waals surface area contributed by atoms with Crippen molar-refractivity contribution in [2.75, 3.05) is 13.1 Å². The predicted molar refractivity (Wildman–Crippen MR) is 44.1 cm³/mol. The number of nitrogens with two attached hydrogens (primary N) is 3. The lowest BCUT2D eigenvalue weighted by Crippen LogP contribution is -2.37. The second-order valence-electron chi connectivity index (χ2n) is 2.33. The van der Waals surface area contributed by atoms with Gasteiger partial charge in [-0.1, -0.05) is 0 Å². The minimum Gasteiger partial charge on any atom is -0.370 e. The van der Waals surface area contributed by atoms with Crippen LogP contribution in [0.4, 0.5) is 0 Å². The quantitative estimate of drug-likeness (QED) is 0.262. The number of nitrogens with one attached hydrogen (secondary N) is 1. The number of hydrogen-bond donors (Lipinski definition) is 4. The summed E-state index contributed by atoms with van der Waals surface area (Å²) in [6.07, 6.45) is 0. The molecule has 1 aliphatic heterocycles. The van der Waals surface area contributed by atoms with E-state index in [1.807, 2.05) is 0 Å². The molecule has 0 aromatic carbocycles. The smallest absolute Gasteiger partial charge is 0.189 e. The van der Waals surface area contributed by atoms with Crippen LogP contribution in [-0.2, 0) is 0 Å². The SMILES string of the molecule is NC(N)=NCC1CN=C(N)N1. The zero-order chi connectivity index (χ0) is 8.27. The standard InChI is InChI=1S/C5H12N6/c6-4(7)9-1-3-2-10-5(8)11-3/h3H,1-2H2,(H4,6,7,9)(H3,8,10,11). The van der Waals surface area contributed by atoms with E-state index in [1.165, 1.54) is 0 Å². The Kier molecular flexibility index (Phi) is 2.15. The van der Waals surface area contributed by atoms with Gasteiger partial charge in [-0.3, -0.25) is 9.98 Å². The number of aliphatic imine (C=N–C) groups is 2. The Morgan fingerprint density at radius 3 is 2.91 bits per heavy atom. The van der Waals surface area contributed by atoms with E-state index in [2.05, 4.69) is 15.3 Å². The number of rotatable bonds is 2. The molecule has 1 unspecified atom stereocenters. The highest BCUT2D eigenvalue weighted by Gasteiger charge is 2.13. The van der Waals surface area contributed by atoms with Gasteiger partial charge in [0.2, 0.25) is 0 Å². The van der Waals surface area contributed by atoms with Crippen molar-refractivity contribution in [3.05, 3.63) is 0 Å². The Bertz CT molecular complexity index is 191. The van der Waals surface area contributed by atoms with Crippen LogP contribution in [0.3, 0.4) is 0 Å². The van der Waals surface area contributed by atoms with Gasteiger partial charge in [0.05, 0.1) is 19.1 Å². The van der Waals surface area contributed by atoms with E-state index in [4.69, 9.17) is 17.2 Å². The first-order valence-electron chi connectivity index (χ1n) is 3.30. The zero-order valence-electron chi connectivity index (χ0n) is 6.12. The van der Waals surface area contributed by atoms with E-state index in [-0.39, 0.29) is 12.0 Å². The van der Waals surface area contributed by atoms with Gasteiger partial charge in [-0.15, -0.1) is 0 Å². The van der Waals surface area contributed by atoms with E-state index < -0.39 is 0 Å². The molecule has 0 aromatic rings. The normalized spacial score (nSPS) is 22.2. The first-order chi connectivity index (χ1) is 5.18. The van der Waals surface area contributed by atoms with Crippen LogP contribution in [0.1, 0.15) is 0 Å². The fourth-order valence-corrected chi connectivity index (χ4v) is 0.828. The summed E-state index contributed by atoms with van der Waals surface area (Å²) in [6, 6.07) is 0.150. The minimum absolute atomic E-state index is 0.0947. The summed E-state index contributed by atoms with van der Waals surface area (Å²) in [5.74, 6) is 0.554. The molecule has 11 heavy (non-hydrogen) atoms. The topological polar surface area (TPSA) is 115 Å². The molecule has 0 aliphatic carbocycles. The third-order valence-electron chi connectivity index (χ3n) is 1.33. The van der Waals surface area contributed by atoms with Crippen LogP contribution < -0.4 is 22.5 Å². The summed E-state index contributed by atoms with van der Waals surface area (Å²) in [7, 11) is 0. The van der Waals surface area contributed by atoms with E-state index in [0.717, 1.165) is 0 Å². The Hall–Kier alpha value is -1.46. The zero-order valence-corrected chi connectivity index (χ0v) is 6.12. The first kappa shape index (κ1) is 7.64.